The Morgan fingerprint density at radius 2 is 2.06 bits per heavy atom. The summed E-state index contributed by atoms with van der Waals surface area (Å²) in [5.41, 5.74) is 0.368. The normalized spacial score (nSPS) is 10.0. The highest BCUT2D eigenvalue weighted by Gasteiger charge is 2.14. The van der Waals surface area contributed by atoms with Crippen molar-refractivity contribution < 1.29 is 4.92 Å². The molecule has 1 N–H and O–H groups in total. The Balaban J connectivity index is 2.64. The third kappa shape index (κ3) is 1.81. The predicted molar refractivity (Wildman–Crippen MR) is 56.9 cm³/mol. The van der Waals surface area contributed by atoms with E-state index < -0.39 is 10.5 Å². The summed E-state index contributed by atoms with van der Waals surface area (Å²) >= 11 is 0. The van der Waals surface area contributed by atoms with Crippen molar-refractivity contribution in [3.05, 3.63) is 57.0 Å². The van der Waals surface area contributed by atoms with Crippen LogP contribution < -0.4 is 5.56 Å². The predicted octanol–water partition coefficient (Wildman–Crippen LogP) is 1.35. The fourth-order valence-electron chi connectivity index (χ4n) is 1.40. The number of aromatic amines is 1. The first kappa shape index (κ1) is 10.0. The van der Waals surface area contributed by atoms with Crippen LogP contribution in [0.15, 0.2) is 41.3 Å². The highest BCUT2D eigenvalue weighted by Crippen LogP contribution is 2.27. The Morgan fingerprint density at radius 1 is 1.31 bits per heavy atom. The topological polar surface area (TPSA) is 88.9 Å². The van der Waals surface area contributed by atoms with E-state index in [9.17, 15) is 14.9 Å². The van der Waals surface area contributed by atoms with Crippen molar-refractivity contribution in [3.8, 4) is 11.1 Å². The van der Waals surface area contributed by atoms with Crippen molar-refractivity contribution in [3.63, 3.8) is 0 Å². The lowest BCUT2D eigenvalue weighted by molar-refractivity contribution is -0.384. The van der Waals surface area contributed by atoms with Gasteiger partial charge in [0.1, 0.15) is 0 Å². The lowest BCUT2D eigenvalue weighted by atomic mass is 10.1. The number of aromatic nitrogens is 2. The molecule has 0 radical (unpaired) electrons. The molecule has 0 saturated heterocycles. The van der Waals surface area contributed by atoms with Gasteiger partial charge < -0.3 is 0 Å². The van der Waals surface area contributed by atoms with Crippen molar-refractivity contribution in [2.75, 3.05) is 0 Å². The monoisotopic (exact) mass is 217 g/mol. The second kappa shape index (κ2) is 3.93. The SMILES string of the molecule is O=c1cc(-c2ccccc2[N+](=O)[O-])cn[nH]1. The number of benzene rings is 1. The molecule has 1 aromatic heterocycles. The highest BCUT2D eigenvalue weighted by molar-refractivity contribution is 5.72. The first-order chi connectivity index (χ1) is 7.68. The average Bonchev–Trinajstić information content (AvgIpc) is 2.29. The second-order valence-electron chi connectivity index (χ2n) is 3.11. The molecule has 0 aliphatic heterocycles. The van der Waals surface area contributed by atoms with Crippen LogP contribution in [0.25, 0.3) is 11.1 Å². The lowest BCUT2D eigenvalue weighted by Gasteiger charge is -2.00. The van der Waals surface area contributed by atoms with Crippen LogP contribution in [-0.4, -0.2) is 15.1 Å². The summed E-state index contributed by atoms with van der Waals surface area (Å²) in [5, 5.41) is 16.6. The van der Waals surface area contributed by atoms with Crippen LogP contribution in [-0.2, 0) is 0 Å². The van der Waals surface area contributed by atoms with Gasteiger partial charge in [-0.3, -0.25) is 14.9 Å². The molecule has 1 heterocycles. The van der Waals surface area contributed by atoms with Gasteiger partial charge in [-0.1, -0.05) is 12.1 Å². The number of nitro groups is 1. The van der Waals surface area contributed by atoms with Crippen LogP contribution in [0, 0.1) is 10.1 Å². The molecule has 0 saturated carbocycles. The number of para-hydroxylation sites is 1. The molecule has 16 heavy (non-hydrogen) atoms. The quantitative estimate of drug-likeness (QED) is 0.607. The van der Waals surface area contributed by atoms with Crippen molar-refractivity contribution in [1.82, 2.24) is 10.2 Å². The molecular weight excluding hydrogens is 210 g/mol. The van der Waals surface area contributed by atoms with Crippen molar-refractivity contribution in [2.45, 2.75) is 0 Å². The molecule has 0 aliphatic carbocycles. The largest absolute Gasteiger partial charge is 0.277 e. The maximum absolute atomic E-state index is 11.1. The summed E-state index contributed by atoms with van der Waals surface area (Å²) in [5.74, 6) is 0. The molecule has 0 spiro atoms. The maximum atomic E-state index is 11.1. The first-order valence-electron chi connectivity index (χ1n) is 4.47. The smallest absolute Gasteiger partial charge is 0.268 e. The van der Waals surface area contributed by atoms with E-state index in [2.05, 4.69) is 10.2 Å². The third-order valence-corrected chi connectivity index (χ3v) is 2.08. The zero-order chi connectivity index (χ0) is 11.5. The van der Waals surface area contributed by atoms with Gasteiger partial charge in [0.05, 0.1) is 16.7 Å². The minimum Gasteiger partial charge on any atom is -0.268 e. The molecule has 6 nitrogen and oxygen atoms in total. The van der Waals surface area contributed by atoms with Gasteiger partial charge in [0, 0.05) is 17.7 Å². The molecule has 0 unspecified atom stereocenters. The summed E-state index contributed by atoms with van der Waals surface area (Å²) in [6.07, 6.45) is 1.38. The zero-order valence-electron chi connectivity index (χ0n) is 8.08. The van der Waals surface area contributed by atoms with E-state index in [0.29, 0.717) is 11.1 Å². The van der Waals surface area contributed by atoms with Gasteiger partial charge in [0.2, 0.25) is 0 Å². The Labute approximate surface area is 89.7 Å². The molecule has 0 amide bonds. The third-order valence-electron chi connectivity index (χ3n) is 2.08. The molecular formula is C10H7N3O3. The first-order valence-corrected chi connectivity index (χ1v) is 4.47. The van der Waals surface area contributed by atoms with E-state index in [0.717, 1.165) is 0 Å². The Kier molecular flexibility index (Phi) is 2.47. The van der Waals surface area contributed by atoms with Gasteiger partial charge in [-0.25, -0.2) is 5.10 Å². The van der Waals surface area contributed by atoms with Crippen LogP contribution in [0.4, 0.5) is 5.69 Å². The van der Waals surface area contributed by atoms with Crippen molar-refractivity contribution in [2.24, 2.45) is 0 Å². The second-order valence-corrected chi connectivity index (χ2v) is 3.11. The molecule has 2 rings (SSSR count). The fourth-order valence-corrected chi connectivity index (χ4v) is 1.40. The van der Waals surface area contributed by atoms with Crippen LogP contribution in [0.3, 0.4) is 0 Å². The number of nitro benzene ring substituents is 1. The van der Waals surface area contributed by atoms with E-state index in [1.54, 1.807) is 18.2 Å². The van der Waals surface area contributed by atoms with Gasteiger partial charge in [-0.15, -0.1) is 0 Å². The van der Waals surface area contributed by atoms with Crippen LogP contribution in [0.1, 0.15) is 0 Å². The number of nitrogens with zero attached hydrogens (tertiary/aromatic N) is 2. The van der Waals surface area contributed by atoms with E-state index in [-0.39, 0.29) is 5.69 Å². The Hall–Kier alpha value is -2.50. The van der Waals surface area contributed by atoms with Crippen LogP contribution in [0.2, 0.25) is 0 Å². The summed E-state index contributed by atoms with van der Waals surface area (Å²) in [4.78, 5) is 21.3. The van der Waals surface area contributed by atoms with Crippen LogP contribution in [0.5, 0.6) is 0 Å². The maximum Gasteiger partial charge on any atom is 0.277 e. The van der Waals surface area contributed by atoms with Gasteiger partial charge in [-0.05, 0) is 6.07 Å². The van der Waals surface area contributed by atoms with Gasteiger partial charge in [-0.2, -0.15) is 5.10 Å². The standard InChI is InChI=1S/C10H7N3O3/c14-10-5-7(6-11-12-10)8-3-1-2-4-9(8)13(15)16/h1-6H,(H,12,14). The molecule has 0 fully saturated rings. The van der Waals surface area contributed by atoms with E-state index >= 15 is 0 Å². The van der Waals surface area contributed by atoms with E-state index in [1.807, 2.05) is 0 Å². The average molecular weight is 217 g/mol. The zero-order valence-corrected chi connectivity index (χ0v) is 8.08. The summed E-state index contributed by atoms with van der Waals surface area (Å²) in [7, 11) is 0. The van der Waals surface area contributed by atoms with Gasteiger partial charge >= 0.3 is 0 Å². The number of rotatable bonds is 2. The number of hydrogen-bond acceptors (Lipinski definition) is 4. The highest BCUT2D eigenvalue weighted by atomic mass is 16.6. The van der Waals surface area contributed by atoms with Crippen molar-refractivity contribution in [1.29, 1.82) is 0 Å². The van der Waals surface area contributed by atoms with Crippen LogP contribution >= 0.6 is 0 Å². The summed E-state index contributed by atoms with van der Waals surface area (Å²) in [6, 6.07) is 7.48. The molecule has 80 valence electrons. The Bertz CT molecular complexity index is 592. The van der Waals surface area contributed by atoms with Crippen molar-refractivity contribution >= 4 is 5.69 Å². The molecule has 0 atom stereocenters. The van der Waals surface area contributed by atoms with Gasteiger partial charge in [0.15, 0.2) is 0 Å². The van der Waals surface area contributed by atoms with E-state index in [1.165, 1.54) is 18.3 Å². The molecule has 0 aliphatic rings. The fraction of sp³-hybridized carbons (Fsp3) is 0. The summed E-state index contributed by atoms with van der Waals surface area (Å²) in [6.45, 7) is 0. The van der Waals surface area contributed by atoms with Gasteiger partial charge in [0.25, 0.3) is 11.2 Å². The molecule has 6 heteroatoms. The molecule has 0 bridgehead atoms. The lowest BCUT2D eigenvalue weighted by Crippen LogP contribution is -2.06. The van der Waals surface area contributed by atoms with E-state index in [4.69, 9.17) is 0 Å². The summed E-state index contributed by atoms with van der Waals surface area (Å²) < 4.78 is 0. The molecule has 1 aromatic carbocycles. The number of nitrogens with one attached hydrogen (secondary N) is 1. The molecule has 2 aromatic rings. The minimum absolute atomic E-state index is 0.0464. The number of H-pyrrole nitrogens is 1. The number of hydrogen-bond donors (Lipinski definition) is 1. The minimum atomic E-state index is -0.490. The Morgan fingerprint density at radius 3 is 2.75 bits per heavy atom.